The largest absolute Gasteiger partial charge is 0.468 e. The predicted molar refractivity (Wildman–Crippen MR) is 80.4 cm³/mol. The van der Waals surface area contributed by atoms with Gasteiger partial charge in [-0.3, -0.25) is 0 Å². The summed E-state index contributed by atoms with van der Waals surface area (Å²) in [6, 6.07) is 18.0. The molecule has 20 heavy (non-hydrogen) atoms. The van der Waals surface area contributed by atoms with Crippen molar-refractivity contribution in [3.63, 3.8) is 0 Å². The monoisotopic (exact) mass is 271 g/mol. The summed E-state index contributed by atoms with van der Waals surface area (Å²) < 4.78 is 11.0. The molecule has 0 heterocycles. The van der Waals surface area contributed by atoms with E-state index in [2.05, 4.69) is 6.92 Å². The fraction of sp³-hybridized carbons (Fsp3) is 0.294. The Bertz CT molecular complexity index is 496. The number of rotatable bonds is 7. The van der Waals surface area contributed by atoms with Crippen LogP contribution in [0, 0.1) is 0 Å². The summed E-state index contributed by atoms with van der Waals surface area (Å²) in [5, 5.41) is 0. The molecule has 0 spiro atoms. The second kappa shape index (κ2) is 7.68. The predicted octanol–water partition coefficient (Wildman–Crippen LogP) is 3.65. The molecule has 0 aliphatic carbocycles. The summed E-state index contributed by atoms with van der Waals surface area (Å²) in [7, 11) is 0. The van der Waals surface area contributed by atoms with Gasteiger partial charge in [0.05, 0.1) is 6.61 Å². The maximum atomic E-state index is 5.96. The molecule has 1 atom stereocenters. The Labute approximate surface area is 120 Å². The molecule has 3 heteroatoms. The van der Waals surface area contributed by atoms with Crippen molar-refractivity contribution < 1.29 is 9.47 Å². The fourth-order valence-electron chi connectivity index (χ4n) is 1.89. The molecule has 2 N–H and O–H groups in total. The first-order valence-corrected chi connectivity index (χ1v) is 6.89. The highest BCUT2D eigenvalue weighted by Gasteiger charge is 2.02. The van der Waals surface area contributed by atoms with E-state index in [4.69, 9.17) is 15.2 Å². The average Bonchev–Trinajstić information content (AvgIpc) is 2.52. The van der Waals surface area contributed by atoms with Gasteiger partial charge in [0.15, 0.2) is 6.79 Å². The second-order valence-corrected chi connectivity index (χ2v) is 4.68. The topological polar surface area (TPSA) is 44.5 Å². The van der Waals surface area contributed by atoms with Crippen LogP contribution < -0.4 is 10.5 Å². The molecule has 0 saturated heterocycles. The van der Waals surface area contributed by atoms with Gasteiger partial charge >= 0.3 is 0 Å². The summed E-state index contributed by atoms with van der Waals surface area (Å²) in [6.07, 6.45) is 0.931. The van der Waals surface area contributed by atoms with Crippen molar-refractivity contribution >= 4 is 0 Å². The minimum absolute atomic E-state index is 0.0957. The molecule has 2 rings (SSSR count). The van der Waals surface area contributed by atoms with E-state index >= 15 is 0 Å². The molecule has 0 fully saturated rings. The lowest BCUT2D eigenvalue weighted by Crippen LogP contribution is -2.08. The first kappa shape index (κ1) is 14.6. The van der Waals surface area contributed by atoms with Crippen LogP contribution in [0.5, 0.6) is 5.75 Å². The zero-order valence-corrected chi connectivity index (χ0v) is 11.8. The van der Waals surface area contributed by atoms with Gasteiger partial charge in [0, 0.05) is 6.04 Å². The molecule has 0 saturated carbocycles. The first-order chi connectivity index (χ1) is 9.79. The first-order valence-electron chi connectivity index (χ1n) is 6.89. The normalized spacial score (nSPS) is 12.1. The molecule has 0 amide bonds. The summed E-state index contributed by atoms with van der Waals surface area (Å²) in [4.78, 5) is 0. The van der Waals surface area contributed by atoms with E-state index < -0.39 is 0 Å². The lowest BCUT2D eigenvalue weighted by Gasteiger charge is -2.11. The van der Waals surface area contributed by atoms with Crippen LogP contribution in [0.15, 0.2) is 54.6 Å². The van der Waals surface area contributed by atoms with Gasteiger partial charge in [0.25, 0.3) is 0 Å². The Hall–Kier alpha value is -1.84. The van der Waals surface area contributed by atoms with Gasteiger partial charge in [0.2, 0.25) is 0 Å². The highest BCUT2D eigenvalue weighted by molar-refractivity contribution is 5.28. The molecule has 3 nitrogen and oxygen atoms in total. The summed E-state index contributed by atoms with van der Waals surface area (Å²) in [5.41, 5.74) is 8.23. The molecular formula is C17H21NO2. The van der Waals surface area contributed by atoms with Gasteiger partial charge in [-0.2, -0.15) is 0 Å². The quantitative estimate of drug-likeness (QED) is 0.617. The van der Waals surface area contributed by atoms with Crippen molar-refractivity contribution in [2.45, 2.75) is 26.0 Å². The molecular weight excluding hydrogens is 250 g/mol. The molecule has 0 radical (unpaired) electrons. The van der Waals surface area contributed by atoms with E-state index in [1.165, 1.54) is 0 Å². The maximum Gasteiger partial charge on any atom is 0.189 e. The van der Waals surface area contributed by atoms with Gasteiger partial charge < -0.3 is 15.2 Å². The SMILES string of the molecule is CCC(N)c1ccc(OCOCc2ccccc2)cc1. The standard InChI is InChI=1S/C17H21NO2/c1-2-17(18)15-8-10-16(11-9-15)20-13-19-12-14-6-4-3-5-7-14/h3-11,17H,2,12-13,18H2,1H3. The summed E-state index contributed by atoms with van der Waals surface area (Å²) in [6.45, 7) is 2.88. The van der Waals surface area contributed by atoms with Crippen LogP contribution in [-0.2, 0) is 11.3 Å². The van der Waals surface area contributed by atoms with E-state index in [1.807, 2.05) is 54.6 Å². The van der Waals surface area contributed by atoms with Gasteiger partial charge in [-0.25, -0.2) is 0 Å². The number of hydrogen-bond donors (Lipinski definition) is 1. The van der Waals surface area contributed by atoms with Crippen LogP contribution in [0.4, 0.5) is 0 Å². The van der Waals surface area contributed by atoms with Crippen molar-refractivity contribution in [3.8, 4) is 5.75 Å². The summed E-state index contributed by atoms with van der Waals surface area (Å²) in [5.74, 6) is 0.796. The second-order valence-electron chi connectivity index (χ2n) is 4.68. The van der Waals surface area contributed by atoms with E-state index in [1.54, 1.807) is 0 Å². The molecule has 0 aliphatic rings. The Morgan fingerprint density at radius 1 is 1.00 bits per heavy atom. The van der Waals surface area contributed by atoms with E-state index in [9.17, 15) is 0 Å². The number of nitrogens with two attached hydrogens (primary N) is 1. The van der Waals surface area contributed by atoms with Crippen LogP contribution >= 0.6 is 0 Å². The molecule has 2 aromatic carbocycles. The van der Waals surface area contributed by atoms with Crippen LogP contribution in [0.3, 0.4) is 0 Å². The number of hydrogen-bond acceptors (Lipinski definition) is 3. The highest BCUT2D eigenvalue weighted by atomic mass is 16.7. The van der Waals surface area contributed by atoms with E-state index in [0.717, 1.165) is 23.3 Å². The molecule has 1 unspecified atom stereocenters. The Morgan fingerprint density at radius 3 is 2.35 bits per heavy atom. The van der Waals surface area contributed by atoms with Gasteiger partial charge in [-0.15, -0.1) is 0 Å². The smallest absolute Gasteiger partial charge is 0.189 e. The third-order valence-electron chi connectivity index (χ3n) is 3.17. The molecule has 0 aromatic heterocycles. The van der Waals surface area contributed by atoms with Crippen molar-refractivity contribution in [3.05, 3.63) is 65.7 Å². The van der Waals surface area contributed by atoms with Crippen molar-refractivity contribution in [2.24, 2.45) is 5.73 Å². The number of ether oxygens (including phenoxy) is 2. The van der Waals surface area contributed by atoms with Crippen LogP contribution in [-0.4, -0.2) is 6.79 Å². The van der Waals surface area contributed by atoms with Crippen LogP contribution in [0.2, 0.25) is 0 Å². The molecule has 106 valence electrons. The average molecular weight is 271 g/mol. The van der Waals surface area contributed by atoms with E-state index in [-0.39, 0.29) is 12.8 Å². The zero-order chi connectivity index (χ0) is 14.2. The lowest BCUT2D eigenvalue weighted by molar-refractivity contribution is 0.00504. The highest BCUT2D eigenvalue weighted by Crippen LogP contribution is 2.18. The van der Waals surface area contributed by atoms with E-state index in [0.29, 0.717) is 6.61 Å². The maximum absolute atomic E-state index is 5.96. The molecule has 2 aromatic rings. The van der Waals surface area contributed by atoms with Gasteiger partial charge in [-0.05, 0) is 29.7 Å². The van der Waals surface area contributed by atoms with Gasteiger partial charge in [0.1, 0.15) is 5.75 Å². The Kier molecular flexibility index (Phi) is 5.59. The lowest BCUT2D eigenvalue weighted by atomic mass is 10.1. The van der Waals surface area contributed by atoms with Crippen molar-refractivity contribution in [2.75, 3.05) is 6.79 Å². The summed E-state index contributed by atoms with van der Waals surface area (Å²) >= 11 is 0. The fourth-order valence-corrected chi connectivity index (χ4v) is 1.89. The third kappa shape index (κ3) is 4.37. The Morgan fingerprint density at radius 2 is 1.70 bits per heavy atom. The van der Waals surface area contributed by atoms with Crippen LogP contribution in [0.1, 0.15) is 30.5 Å². The minimum atomic E-state index is 0.0957. The van der Waals surface area contributed by atoms with Crippen LogP contribution in [0.25, 0.3) is 0 Å². The minimum Gasteiger partial charge on any atom is -0.468 e. The zero-order valence-electron chi connectivity index (χ0n) is 11.8. The number of benzene rings is 2. The molecule has 0 bridgehead atoms. The van der Waals surface area contributed by atoms with Crippen molar-refractivity contribution in [1.82, 2.24) is 0 Å². The van der Waals surface area contributed by atoms with Gasteiger partial charge in [-0.1, -0.05) is 49.4 Å². The van der Waals surface area contributed by atoms with Crippen molar-refractivity contribution in [1.29, 1.82) is 0 Å². The Balaban J connectivity index is 1.74. The third-order valence-corrected chi connectivity index (χ3v) is 3.17. The molecule has 0 aliphatic heterocycles.